The number of hydrogen-bond acceptors (Lipinski definition) is 2. The summed E-state index contributed by atoms with van der Waals surface area (Å²) in [5.74, 6) is 2.19. The van der Waals surface area contributed by atoms with Crippen LogP contribution >= 0.6 is 0 Å². The summed E-state index contributed by atoms with van der Waals surface area (Å²) < 4.78 is 5.72. The molecule has 0 radical (unpaired) electrons. The zero-order valence-corrected chi connectivity index (χ0v) is 14.5. The number of ether oxygens (including phenoxy) is 1. The molecule has 1 aliphatic rings. The standard InChI is InChI=1S/C19H31NO/c1-12-7-9-15(18(21-6)13(12)2)16-11-14(19(3,4)5)8-10-17(16)20/h7,9,14,16-17H,8,10-11,20H2,1-6H3. The molecule has 0 amide bonds. The Balaban J connectivity index is 2.37. The molecule has 1 aromatic carbocycles. The largest absolute Gasteiger partial charge is 0.496 e. The second-order valence-corrected chi connectivity index (χ2v) is 7.78. The first kappa shape index (κ1) is 16.4. The molecule has 1 saturated carbocycles. The number of nitrogens with two attached hydrogens (primary N) is 1. The van der Waals surface area contributed by atoms with Gasteiger partial charge in [0.05, 0.1) is 7.11 Å². The fourth-order valence-corrected chi connectivity index (χ4v) is 3.71. The quantitative estimate of drug-likeness (QED) is 0.865. The Morgan fingerprint density at radius 2 is 1.81 bits per heavy atom. The molecule has 118 valence electrons. The number of rotatable bonds is 2. The predicted molar refractivity (Wildman–Crippen MR) is 90.0 cm³/mol. The lowest BCUT2D eigenvalue weighted by atomic mass is 9.66. The molecule has 3 atom stereocenters. The van der Waals surface area contributed by atoms with Crippen molar-refractivity contribution in [1.82, 2.24) is 0 Å². The zero-order valence-electron chi connectivity index (χ0n) is 14.5. The molecule has 3 unspecified atom stereocenters. The molecule has 1 aromatic rings. The summed E-state index contributed by atoms with van der Waals surface area (Å²) in [6.07, 6.45) is 3.53. The average molecular weight is 289 g/mol. The van der Waals surface area contributed by atoms with Gasteiger partial charge in [-0.25, -0.2) is 0 Å². The molecular formula is C19H31NO. The summed E-state index contributed by atoms with van der Waals surface area (Å²) in [5.41, 5.74) is 10.7. The van der Waals surface area contributed by atoms with Crippen molar-refractivity contribution in [3.8, 4) is 5.75 Å². The van der Waals surface area contributed by atoms with Crippen LogP contribution in [0.5, 0.6) is 5.75 Å². The van der Waals surface area contributed by atoms with Crippen LogP contribution < -0.4 is 10.5 Å². The third kappa shape index (κ3) is 3.26. The third-order valence-electron chi connectivity index (χ3n) is 5.44. The molecule has 2 nitrogen and oxygen atoms in total. The van der Waals surface area contributed by atoms with Crippen molar-refractivity contribution >= 4 is 0 Å². The molecule has 1 fully saturated rings. The molecule has 0 heterocycles. The van der Waals surface area contributed by atoms with Crippen LogP contribution in [0.3, 0.4) is 0 Å². The summed E-state index contributed by atoms with van der Waals surface area (Å²) in [6.45, 7) is 11.3. The monoisotopic (exact) mass is 289 g/mol. The highest BCUT2D eigenvalue weighted by Crippen LogP contribution is 2.46. The molecule has 2 rings (SSSR count). The van der Waals surface area contributed by atoms with Gasteiger partial charge in [0.2, 0.25) is 0 Å². The van der Waals surface area contributed by atoms with E-state index in [2.05, 4.69) is 46.8 Å². The highest BCUT2D eigenvalue weighted by atomic mass is 16.5. The van der Waals surface area contributed by atoms with E-state index in [1.807, 2.05) is 0 Å². The van der Waals surface area contributed by atoms with E-state index in [4.69, 9.17) is 10.5 Å². The van der Waals surface area contributed by atoms with Gasteiger partial charge in [-0.3, -0.25) is 0 Å². The second kappa shape index (κ2) is 6.00. The van der Waals surface area contributed by atoms with Crippen LogP contribution in [0.4, 0.5) is 0 Å². The molecule has 21 heavy (non-hydrogen) atoms. The van der Waals surface area contributed by atoms with Crippen LogP contribution in [0, 0.1) is 25.2 Å². The minimum Gasteiger partial charge on any atom is -0.496 e. The predicted octanol–water partition coefficient (Wildman–Crippen LogP) is 4.57. The van der Waals surface area contributed by atoms with Gasteiger partial charge in [-0.15, -0.1) is 0 Å². The summed E-state index contributed by atoms with van der Waals surface area (Å²) in [6, 6.07) is 4.69. The maximum absolute atomic E-state index is 6.47. The van der Waals surface area contributed by atoms with Gasteiger partial charge in [0.1, 0.15) is 5.75 Å². The Hall–Kier alpha value is -1.02. The number of benzene rings is 1. The Morgan fingerprint density at radius 3 is 2.38 bits per heavy atom. The van der Waals surface area contributed by atoms with Crippen LogP contribution in [-0.4, -0.2) is 13.2 Å². The van der Waals surface area contributed by atoms with E-state index in [1.54, 1.807) is 7.11 Å². The molecule has 0 aliphatic heterocycles. The highest BCUT2D eigenvalue weighted by molar-refractivity contribution is 5.47. The summed E-state index contributed by atoms with van der Waals surface area (Å²) in [7, 11) is 1.78. The lowest BCUT2D eigenvalue weighted by molar-refractivity contribution is 0.153. The summed E-state index contributed by atoms with van der Waals surface area (Å²) >= 11 is 0. The van der Waals surface area contributed by atoms with Crippen LogP contribution in [0.25, 0.3) is 0 Å². The number of methoxy groups -OCH3 is 1. The lowest BCUT2D eigenvalue weighted by Crippen LogP contribution is -2.38. The van der Waals surface area contributed by atoms with E-state index < -0.39 is 0 Å². The second-order valence-electron chi connectivity index (χ2n) is 7.78. The van der Waals surface area contributed by atoms with E-state index in [0.717, 1.165) is 18.1 Å². The van der Waals surface area contributed by atoms with E-state index in [9.17, 15) is 0 Å². The first-order valence-corrected chi connectivity index (χ1v) is 8.15. The molecule has 0 aromatic heterocycles. The van der Waals surface area contributed by atoms with Crippen molar-refractivity contribution in [3.63, 3.8) is 0 Å². The van der Waals surface area contributed by atoms with E-state index in [-0.39, 0.29) is 6.04 Å². The van der Waals surface area contributed by atoms with E-state index >= 15 is 0 Å². The molecular weight excluding hydrogens is 258 g/mol. The van der Waals surface area contributed by atoms with Gasteiger partial charge in [-0.2, -0.15) is 0 Å². The van der Waals surface area contributed by atoms with Crippen LogP contribution in [0.1, 0.15) is 62.6 Å². The fourth-order valence-electron chi connectivity index (χ4n) is 3.71. The van der Waals surface area contributed by atoms with Crippen LogP contribution in [-0.2, 0) is 0 Å². The smallest absolute Gasteiger partial charge is 0.125 e. The van der Waals surface area contributed by atoms with Crippen LogP contribution in [0.15, 0.2) is 12.1 Å². The Labute approximate surface area is 130 Å². The first-order chi connectivity index (χ1) is 9.75. The zero-order chi connectivity index (χ0) is 15.8. The van der Waals surface area contributed by atoms with Gasteiger partial charge >= 0.3 is 0 Å². The average Bonchev–Trinajstić information content (AvgIpc) is 2.41. The molecule has 2 heteroatoms. The summed E-state index contributed by atoms with van der Waals surface area (Å²) in [5, 5.41) is 0. The van der Waals surface area contributed by atoms with Crippen molar-refractivity contribution in [2.24, 2.45) is 17.1 Å². The normalized spacial score (nSPS) is 26.7. The van der Waals surface area contributed by atoms with Crippen molar-refractivity contribution in [3.05, 3.63) is 28.8 Å². The molecule has 0 bridgehead atoms. The SMILES string of the molecule is COc1c(C2CC(C(C)(C)C)CCC2N)ccc(C)c1C. The van der Waals surface area contributed by atoms with Crippen molar-refractivity contribution in [2.45, 2.75) is 65.8 Å². The highest BCUT2D eigenvalue weighted by Gasteiger charge is 2.36. The Morgan fingerprint density at radius 1 is 1.14 bits per heavy atom. The minimum atomic E-state index is 0.250. The fraction of sp³-hybridized carbons (Fsp3) is 0.684. The molecule has 0 spiro atoms. The van der Waals surface area contributed by atoms with Gasteiger partial charge in [-0.1, -0.05) is 32.9 Å². The Bertz CT molecular complexity index is 501. The van der Waals surface area contributed by atoms with Gasteiger partial charge in [0, 0.05) is 12.0 Å². The van der Waals surface area contributed by atoms with Crippen molar-refractivity contribution < 1.29 is 4.74 Å². The number of hydrogen-bond donors (Lipinski definition) is 1. The van der Waals surface area contributed by atoms with E-state index in [1.165, 1.54) is 29.5 Å². The van der Waals surface area contributed by atoms with E-state index in [0.29, 0.717) is 11.3 Å². The summed E-state index contributed by atoms with van der Waals surface area (Å²) in [4.78, 5) is 0. The maximum atomic E-state index is 6.47. The molecule has 2 N–H and O–H groups in total. The number of aryl methyl sites for hydroxylation is 1. The van der Waals surface area contributed by atoms with Crippen molar-refractivity contribution in [1.29, 1.82) is 0 Å². The lowest BCUT2D eigenvalue weighted by Gasteiger charge is -2.41. The molecule has 0 saturated heterocycles. The van der Waals surface area contributed by atoms with Gasteiger partial charge < -0.3 is 10.5 Å². The van der Waals surface area contributed by atoms with Gasteiger partial charge in [-0.05, 0) is 61.1 Å². The maximum Gasteiger partial charge on any atom is 0.125 e. The molecule has 1 aliphatic carbocycles. The first-order valence-electron chi connectivity index (χ1n) is 8.15. The van der Waals surface area contributed by atoms with Gasteiger partial charge in [0.15, 0.2) is 0 Å². The topological polar surface area (TPSA) is 35.2 Å². The van der Waals surface area contributed by atoms with Crippen molar-refractivity contribution in [2.75, 3.05) is 7.11 Å². The Kier molecular flexibility index (Phi) is 4.67. The minimum absolute atomic E-state index is 0.250. The van der Waals surface area contributed by atoms with Crippen LogP contribution in [0.2, 0.25) is 0 Å². The third-order valence-corrected chi connectivity index (χ3v) is 5.44. The van der Waals surface area contributed by atoms with Gasteiger partial charge in [0.25, 0.3) is 0 Å².